The Kier molecular flexibility index (Phi) is 3.61. The van der Waals surface area contributed by atoms with Gasteiger partial charge in [0, 0.05) is 18.8 Å². The van der Waals surface area contributed by atoms with E-state index in [4.69, 9.17) is 0 Å². The van der Waals surface area contributed by atoms with Gasteiger partial charge in [0.2, 0.25) is 0 Å². The summed E-state index contributed by atoms with van der Waals surface area (Å²) in [6.45, 7) is 3.43. The van der Waals surface area contributed by atoms with E-state index in [2.05, 4.69) is 5.32 Å². The van der Waals surface area contributed by atoms with Crippen molar-refractivity contribution >= 4 is 11.7 Å². The number of urea groups is 1. The number of benzene rings is 1. The van der Waals surface area contributed by atoms with E-state index in [1.165, 1.54) is 25.0 Å². The van der Waals surface area contributed by atoms with Gasteiger partial charge in [0.15, 0.2) is 0 Å². The molecule has 0 radical (unpaired) electrons. The average Bonchev–Trinajstić information content (AvgIpc) is 3.09. The van der Waals surface area contributed by atoms with Gasteiger partial charge in [-0.1, -0.05) is 6.07 Å². The van der Waals surface area contributed by atoms with Crippen molar-refractivity contribution in [2.45, 2.75) is 19.8 Å². The van der Waals surface area contributed by atoms with Gasteiger partial charge in [-0.15, -0.1) is 0 Å². The van der Waals surface area contributed by atoms with Crippen LogP contribution >= 0.6 is 0 Å². The minimum absolute atomic E-state index is 0.148. The highest BCUT2D eigenvalue weighted by atomic mass is 19.1. The largest absolute Gasteiger partial charge is 0.325 e. The Hall–Kier alpha value is -1.58. The van der Waals surface area contributed by atoms with Gasteiger partial charge in [-0.3, -0.25) is 0 Å². The first-order valence-corrected chi connectivity index (χ1v) is 6.00. The van der Waals surface area contributed by atoms with Crippen LogP contribution in [0.15, 0.2) is 24.3 Å². The molecule has 2 rings (SSSR count). The van der Waals surface area contributed by atoms with Gasteiger partial charge in [0.05, 0.1) is 0 Å². The highest BCUT2D eigenvalue weighted by molar-refractivity contribution is 5.89. The summed E-state index contributed by atoms with van der Waals surface area (Å²) in [6.07, 6.45) is 2.42. The van der Waals surface area contributed by atoms with Crippen LogP contribution in [-0.4, -0.2) is 24.0 Å². The van der Waals surface area contributed by atoms with E-state index in [1.54, 1.807) is 17.0 Å². The summed E-state index contributed by atoms with van der Waals surface area (Å²) in [5, 5.41) is 2.71. The minimum atomic E-state index is -0.340. The Morgan fingerprint density at radius 3 is 2.88 bits per heavy atom. The molecule has 1 aromatic carbocycles. The van der Waals surface area contributed by atoms with Crippen LogP contribution in [0, 0.1) is 11.7 Å². The molecule has 4 heteroatoms. The molecule has 1 fully saturated rings. The molecular formula is C13H17FN2O. The maximum atomic E-state index is 13.0. The maximum Gasteiger partial charge on any atom is 0.321 e. The normalized spacial score (nSPS) is 14.5. The third-order valence-corrected chi connectivity index (χ3v) is 2.92. The molecule has 1 aliphatic rings. The molecule has 0 saturated heterocycles. The number of carbonyl (C=O) groups excluding carboxylic acids is 1. The fraction of sp³-hybridized carbons (Fsp3) is 0.462. The number of carbonyl (C=O) groups is 1. The third-order valence-electron chi connectivity index (χ3n) is 2.92. The lowest BCUT2D eigenvalue weighted by Crippen LogP contribution is -2.36. The van der Waals surface area contributed by atoms with Crippen LogP contribution in [0.3, 0.4) is 0 Å². The second kappa shape index (κ2) is 5.17. The molecule has 0 bridgehead atoms. The second-order valence-electron chi connectivity index (χ2n) is 4.42. The first-order chi connectivity index (χ1) is 8.19. The van der Waals surface area contributed by atoms with Gasteiger partial charge in [-0.05, 0) is 43.9 Å². The quantitative estimate of drug-likeness (QED) is 0.856. The van der Waals surface area contributed by atoms with Crippen LogP contribution < -0.4 is 5.32 Å². The van der Waals surface area contributed by atoms with E-state index in [-0.39, 0.29) is 11.8 Å². The molecule has 1 aromatic rings. The number of rotatable bonds is 4. The standard InChI is InChI=1S/C13H17FN2O/c1-2-16(9-10-6-7-10)13(17)15-12-5-3-4-11(14)8-12/h3-5,8,10H,2,6-7,9H2,1H3,(H,15,17). The van der Waals surface area contributed by atoms with Crippen LogP contribution in [0.5, 0.6) is 0 Å². The fourth-order valence-electron chi connectivity index (χ4n) is 1.74. The predicted octanol–water partition coefficient (Wildman–Crippen LogP) is 3.09. The molecule has 0 aromatic heterocycles. The first-order valence-electron chi connectivity index (χ1n) is 6.00. The Morgan fingerprint density at radius 2 is 2.29 bits per heavy atom. The summed E-state index contributed by atoms with van der Waals surface area (Å²) >= 11 is 0. The molecular weight excluding hydrogens is 219 g/mol. The molecule has 1 N–H and O–H groups in total. The van der Waals surface area contributed by atoms with E-state index in [0.717, 1.165) is 6.54 Å². The topological polar surface area (TPSA) is 32.3 Å². The number of amides is 2. The van der Waals surface area contributed by atoms with E-state index >= 15 is 0 Å². The molecule has 0 spiro atoms. The van der Waals surface area contributed by atoms with Crippen molar-refractivity contribution in [3.05, 3.63) is 30.1 Å². The van der Waals surface area contributed by atoms with Crippen molar-refractivity contribution in [2.24, 2.45) is 5.92 Å². The lowest BCUT2D eigenvalue weighted by atomic mass is 10.3. The smallest absolute Gasteiger partial charge is 0.321 e. The highest BCUT2D eigenvalue weighted by Gasteiger charge is 2.25. The molecule has 92 valence electrons. The lowest BCUT2D eigenvalue weighted by Gasteiger charge is -2.21. The Morgan fingerprint density at radius 1 is 1.53 bits per heavy atom. The summed E-state index contributed by atoms with van der Waals surface area (Å²) in [5.74, 6) is 0.321. The first kappa shape index (κ1) is 11.9. The van der Waals surface area contributed by atoms with Crippen molar-refractivity contribution < 1.29 is 9.18 Å². The third kappa shape index (κ3) is 3.44. The molecule has 2 amide bonds. The Bertz CT molecular complexity index is 404. The van der Waals surface area contributed by atoms with E-state index in [1.807, 2.05) is 6.92 Å². The van der Waals surface area contributed by atoms with Gasteiger partial charge in [0.1, 0.15) is 5.82 Å². The predicted molar refractivity (Wildman–Crippen MR) is 65.4 cm³/mol. The van der Waals surface area contributed by atoms with Gasteiger partial charge < -0.3 is 10.2 Å². The summed E-state index contributed by atoms with van der Waals surface area (Å²) in [4.78, 5) is 13.7. The highest BCUT2D eigenvalue weighted by Crippen LogP contribution is 2.29. The Balaban J connectivity index is 1.94. The van der Waals surface area contributed by atoms with Crippen LogP contribution in [0.25, 0.3) is 0 Å². The van der Waals surface area contributed by atoms with Crippen molar-refractivity contribution in [1.82, 2.24) is 4.90 Å². The lowest BCUT2D eigenvalue weighted by molar-refractivity contribution is 0.212. The van der Waals surface area contributed by atoms with Gasteiger partial charge >= 0.3 is 6.03 Å². The van der Waals surface area contributed by atoms with Crippen LogP contribution in [0.2, 0.25) is 0 Å². The molecule has 17 heavy (non-hydrogen) atoms. The molecule has 0 aliphatic heterocycles. The second-order valence-corrected chi connectivity index (χ2v) is 4.42. The van der Waals surface area contributed by atoms with Crippen LogP contribution in [0.4, 0.5) is 14.9 Å². The number of hydrogen-bond acceptors (Lipinski definition) is 1. The van der Waals surface area contributed by atoms with Crippen LogP contribution in [-0.2, 0) is 0 Å². The van der Waals surface area contributed by atoms with E-state index in [0.29, 0.717) is 18.2 Å². The summed E-state index contributed by atoms with van der Waals surface area (Å²) in [6, 6.07) is 5.80. The van der Waals surface area contributed by atoms with Crippen molar-refractivity contribution in [2.75, 3.05) is 18.4 Å². The van der Waals surface area contributed by atoms with Crippen molar-refractivity contribution in [3.8, 4) is 0 Å². The zero-order valence-corrected chi connectivity index (χ0v) is 9.95. The number of halogens is 1. The monoisotopic (exact) mass is 236 g/mol. The molecule has 0 heterocycles. The van der Waals surface area contributed by atoms with Gasteiger partial charge in [-0.2, -0.15) is 0 Å². The SMILES string of the molecule is CCN(CC1CC1)C(=O)Nc1cccc(F)c1. The molecule has 1 aliphatic carbocycles. The molecule has 1 saturated carbocycles. The van der Waals surface area contributed by atoms with Crippen molar-refractivity contribution in [3.63, 3.8) is 0 Å². The molecule has 0 atom stereocenters. The number of hydrogen-bond donors (Lipinski definition) is 1. The average molecular weight is 236 g/mol. The number of nitrogens with zero attached hydrogens (tertiary/aromatic N) is 1. The Labute approximate surface area is 101 Å². The van der Waals surface area contributed by atoms with Crippen molar-refractivity contribution in [1.29, 1.82) is 0 Å². The maximum absolute atomic E-state index is 13.0. The van der Waals surface area contributed by atoms with Crippen LogP contribution in [0.1, 0.15) is 19.8 Å². The summed E-state index contributed by atoms with van der Waals surface area (Å²) in [7, 11) is 0. The van der Waals surface area contributed by atoms with E-state index < -0.39 is 0 Å². The molecule has 3 nitrogen and oxygen atoms in total. The minimum Gasteiger partial charge on any atom is -0.325 e. The zero-order chi connectivity index (χ0) is 12.3. The molecule has 0 unspecified atom stereocenters. The number of nitrogens with one attached hydrogen (secondary N) is 1. The summed E-state index contributed by atoms with van der Waals surface area (Å²) < 4.78 is 13.0. The van der Waals surface area contributed by atoms with Gasteiger partial charge in [0.25, 0.3) is 0 Å². The zero-order valence-electron chi connectivity index (χ0n) is 9.95. The number of anilines is 1. The fourth-order valence-corrected chi connectivity index (χ4v) is 1.74. The van der Waals surface area contributed by atoms with Gasteiger partial charge in [-0.25, -0.2) is 9.18 Å². The van der Waals surface area contributed by atoms with E-state index in [9.17, 15) is 9.18 Å². The summed E-state index contributed by atoms with van der Waals surface area (Å²) in [5.41, 5.74) is 0.504.